The van der Waals surface area contributed by atoms with Crippen LogP contribution in [0.1, 0.15) is 77.2 Å². The van der Waals surface area contributed by atoms with Crippen molar-refractivity contribution in [3.8, 4) is 17.2 Å². The Hall–Kier alpha value is -5.25. The summed E-state index contributed by atoms with van der Waals surface area (Å²) in [7, 11) is 1.14. The predicted octanol–water partition coefficient (Wildman–Crippen LogP) is 3.72. The summed E-state index contributed by atoms with van der Waals surface area (Å²) < 4.78 is 4.92. The first-order valence-corrected chi connectivity index (χ1v) is 12.8. The van der Waals surface area contributed by atoms with Crippen molar-refractivity contribution in [2.24, 2.45) is 0 Å². The molecule has 3 aliphatic rings. The van der Waals surface area contributed by atoms with E-state index in [0.717, 1.165) is 13.2 Å². The highest BCUT2D eigenvalue weighted by Gasteiger charge is 2.62. The number of phenols is 3. The van der Waals surface area contributed by atoms with Crippen molar-refractivity contribution < 1.29 is 39.2 Å². The van der Waals surface area contributed by atoms with E-state index in [1.165, 1.54) is 0 Å². The van der Waals surface area contributed by atoms with E-state index in [1.807, 2.05) is 13.0 Å². The average molecular weight is 554 g/mol. The van der Waals surface area contributed by atoms with Crippen LogP contribution in [0.5, 0.6) is 17.2 Å². The molecule has 10 nitrogen and oxygen atoms in total. The molecule has 0 aliphatic heterocycles. The first-order chi connectivity index (χ1) is 19.5. The molecule has 0 bridgehead atoms. The molecular weight excluding hydrogens is 530 g/mol. The highest BCUT2D eigenvalue weighted by Crippen LogP contribution is 2.58. The third-order valence-electron chi connectivity index (χ3n) is 8.30. The number of phenolic OH excluding ortho intramolecular Hbond substituents is 3. The summed E-state index contributed by atoms with van der Waals surface area (Å²) in [5, 5.41) is 34.1. The van der Waals surface area contributed by atoms with Gasteiger partial charge in [-0.05, 0) is 55.3 Å². The van der Waals surface area contributed by atoms with Gasteiger partial charge in [0.05, 0.1) is 34.7 Å². The van der Waals surface area contributed by atoms with Crippen LogP contribution in [0.25, 0.3) is 16.8 Å². The second-order valence-electron chi connectivity index (χ2n) is 10.2. The molecule has 0 fully saturated rings. The van der Waals surface area contributed by atoms with Crippen LogP contribution < -0.4 is 5.56 Å². The number of H-pyrrole nitrogens is 1. The van der Waals surface area contributed by atoms with Crippen LogP contribution in [0.15, 0.2) is 40.9 Å². The molecule has 4 N–H and O–H groups in total. The predicted molar refractivity (Wildman–Crippen MR) is 147 cm³/mol. The minimum absolute atomic E-state index is 0.0819. The van der Waals surface area contributed by atoms with Crippen LogP contribution in [0.2, 0.25) is 0 Å². The Bertz CT molecular complexity index is 1970. The maximum Gasteiger partial charge on any atom is 0.260 e. The Kier molecular flexibility index (Phi) is 5.47. The first kappa shape index (κ1) is 26.0. The molecule has 1 spiro atoms. The maximum atomic E-state index is 14.1. The molecule has 0 amide bonds. The number of aromatic nitrogens is 1. The first-order valence-electron chi connectivity index (χ1n) is 12.8. The fourth-order valence-corrected chi connectivity index (χ4v) is 6.44. The molecule has 6 rings (SSSR count). The molecule has 0 saturated heterocycles. The molecule has 3 aromatic rings. The summed E-state index contributed by atoms with van der Waals surface area (Å²) in [6, 6.07) is 1.69. The van der Waals surface area contributed by atoms with E-state index >= 15 is 0 Å². The Morgan fingerprint density at radius 2 is 1.59 bits per heavy atom. The molecular formula is C31H23NO9. The van der Waals surface area contributed by atoms with E-state index in [1.54, 1.807) is 31.2 Å². The van der Waals surface area contributed by atoms with Crippen molar-refractivity contribution in [2.45, 2.75) is 32.1 Å². The van der Waals surface area contributed by atoms with Crippen LogP contribution in [0.4, 0.5) is 0 Å². The summed E-state index contributed by atoms with van der Waals surface area (Å²) >= 11 is 0. The highest BCUT2D eigenvalue weighted by atomic mass is 16.5. The summed E-state index contributed by atoms with van der Waals surface area (Å²) in [5.41, 5.74) is -3.74. The molecule has 2 aromatic carbocycles. The zero-order valence-electron chi connectivity index (χ0n) is 22.2. The number of carbonyl (C=O) groups is 4. The quantitative estimate of drug-likeness (QED) is 0.214. The maximum absolute atomic E-state index is 14.1. The van der Waals surface area contributed by atoms with E-state index in [2.05, 4.69) is 4.98 Å². The van der Waals surface area contributed by atoms with Crippen molar-refractivity contribution in [3.05, 3.63) is 91.1 Å². The van der Waals surface area contributed by atoms with E-state index in [4.69, 9.17) is 4.74 Å². The standard InChI is InChI=1S/C31H23NO9/c1-4-5-6-7-13-10-15-12(2)14-8-9-31(23(14)27(37)18(15)30(40)32-13)28(38)21-22(29(31)39)26(36)20-19(25(21)35)16(33)11-17(41-3)24(20)34/h4-7,10-11,35-37H,8-9H2,1-3H3,(H,32,40)/b5-4+,7-6+. The zero-order chi connectivity index (χ0) is 29.5. The lowest BCUT2D eigenvalue weighted by molar-refractivity contribution is 0.0790. The van der Waals surface area contributed by atoms with Gasteiger partial charge in [-0.15, -0.1) is 0 Å². The number of ketones is 4. The molecule has 206 valence electrons. The van der Waals surface area contributed by atoms with Crippen molar-refractivity contribution >= 4 is 40.0 Å². The van der Waals surface area contributed by atoms with Gasteiger partial charge in [0.1, 0.15) is 22.7 Å². The smallest absolute Gasteiger partial charge is 0.260 e. The van der Waals surface area contributed by atoms with Gasteiger partial charge in [-0.2, -0.15) is 0 Å². The monoisotopic (exact) mass is 553 g/mol. The molecule has 10 heteroatoms. The lowest BCUT2D eigenvalue weighted by Crippen LogP contribution is -2.36. The van der Waals surface area contributed by atoms with Gasteiger partial charge in [0.15, 0.2) is 23.1 Å². The molecule has 1 heterocycles. The van der Waals surface area contributed by atoms with Crippen molar-refractivity contribution in [2.75, 3.05) is 7.11 Å². The van der Waals surface area contributed by atoms with E-state index in [9.17, 15) is 39.3 Å². The fourth-order valence-electron chi connectivity index (χ4n) is 6.44. The SMILES string of the molecule is C/C=C/C=C/c1cc2c(C)c3c(c(O)c2c(=O)[nH]1)C1(CC3)C(=O)c2c(O)c3c(c(O)c2C1=O)C(=O)C(OC)=CC3=O. The number of hydrogen-bond acceptors (Lipinski definition) is 9. The van der Waals surface area contributed by atoms with Gasteiger partial charge >= 0.3 is 0 Å². The van der Waals surface area contributed by atoms with Crippen molar-refractivity contribution in [3.63, 3.8) is 0 Å². The van der Waals surface area contributed by atoms with Crippen LogP contribution in [0.3, 0.4) is 0 Å². The lowest BCUT2D eigenvalue weighted by Gasteiger charge is -2.23. The number of ether oxygens (including phenoxy) is 1. The van der Waals surface area contributed by atoms with Gasteiger partial charge in [-0.1, -0.05) is 18.2 Å². The number of aromatic hydroxyl groups is 3. The molecule has 3 aliphatic carbocycles. The number of aromatic amines is 1. The topological polar surface area (TPSA) is 171 Å². The number of rotatable bonds is 3. The van der Waals surface area contributed by atoms with E-state index < -0.39 is 79.4 Å². The molecule has 0 saturated carbocycles. The van der Waals surface area contributed by atoms with Crippen LogP contribution in [-0.2, 0) is 16.6 Å². The second-order valence-corrected chi connectivity index (χ2v) is 10.2. The number of hydrogen-bond donors (Lipinski definition) is 4. The molecule has 41 heavy (non-hydrogen) atoms. The number of nitrogens with one attached hydrogen (secondary N) is 1. The summed E-state index contributed by atoms with van der Waals surface area (Å²) in [4.78, 5) is 69.9. The normalized spacial score (nSPS) is 19.5. The minimum atomic E-state index is -2.08. The molecule has 1 unspecified atom stereocenters. The highest BCUT2D eigenvalue weighted by molar-refractivity contribution is 6.39. The number of fused-ring (bicyclic) bond motifs is 5. The van der Waals surface area contributed by atoms with E-state index in [-0.39, 0.29) is 23.8 Å². The lowest BCUT2D eigenvalue weighted by atomic mass is 9.75. The number of methoxy groups -OCH3 is 1. The van der Waals surface area contributed by atoms with Gasteiger partial charge in [0.2, 0.25) is 5.78 Å². The summed E-state index contributed by atoms with van der Waals surface area (Å²) in [6.45, 7) is 3.56. The van der Waals surface area contributed by atoms with Gasteiger partial charge < -0.3 is 25.0 Å². The Labute approximate surface area is 231 Å². The third kappa shape index (κ3) is 3.09. The number of Topliss-reactive ketones (excluding diaryl/α,β-unsaturated/α-hetero) is 3. The second kappa shape index (κ2) is 8.62. The van der Waals surface area contributed by atoms with E-state index in [0.29, 0.717) is 22.2 Å². The largest absolute Gasteiger partial charge is 0.507 e. The zero-order valence-corrected chi connectivity index (χ0v) is 22.2. The van der Waals surface area contributed by atoms with Crippen molar-refractivity contribution in [1.29, 1.82) is 0 Å². The number of aryl methyl sites for hydroxylation is 1. The number of allylic oxidation sites excluding steroid dienone is 5. The van der Waals surface area contributed by atoms with Crippen LogP contribution in [-0.4, -0.2) is 50.5 Å². The number of benzene rings is 2. The Balaban J connectivity index is 1.62. The van der Waals surface area contributed by atoms with Gasteiger partial charge in [-0.3, -0.25) is 24.0 Å². The minimum Gasteiger partial charge on any atom is -0.507 e. The number of pyridine rings is 1. The van der Waals surface area contributed by atoms with Crippen LogP contribution in [0, 0.1) is 6.92 Å². The van der Waals surface area contributed by atoms with Crippen LogP contribution >= 0.6 is 0 Å². The average Bonchev–Trinajstić information content (AvgIpc) is 3.45. The fraction of sp³-hybridized carbons (Fsp3) is 0.194. The van der Waals surface area contributed by atoms with Gasteiger partial charge in [0, 0.05) is 17.3 Å². The summed E-state index contributed by atoms with van der Waals surface area (Å²) in [6.07, 6.45) is 7.89. The molecule has 1 atom stereocenters. The molecule has 1 aromatic heterocycles. The van der Waals surface area contributed by atoms with Gasteiger partial charge in [0.25, 0.3) is 5.56 Å². The Morgan fingerprint density at radius 3 is 2.22 bits per heavy atom. The summed E-state index contributed by atoms with van der Waals surface area (Å²) in [5.74, 6) is -6.52. The van der Waals surface area contributed by atoms with Gasteiger partial charge in [-0.25, -0.2) is 0 Å². The number of carbonyl (C=O) groups excluding carboxylic acids is 4. The Morgan fingerprint density at radius 1 is 0.927 bits per heavy atom. The third-order valence-corrected chi connectivity index (χ3v) is 8.30. The van der Waals surface area contributed by atoms with Crippen molar-refractivity contribution in [1.82, 2.24) is 4.98 Å². The molecule has 0 radical (unpaired) electrons.